The van der Waals surface area contributed by atoms with Gasteiger partial charge in [-0.2, -0.15) is 0 Å². The van der Waals surface area contributed by atoms with Gasteiger partial charge >= 0.3 is 5.97 Å². The van der Waals surface area contributed by atoms with Gasteiger partial charge in [0, 0.05) is 23.6 Å². The first-order valence-electron chi connectivity index (χ1n) is 8.01. The minimum atomic E-state index is -1.00. The van der Waals surface area contributed by atoms with Gasteiger partial charge in [0.25, 0.3) is 0 Å². The van der Waals surface area contributed by atoms with E-state index in [0.717, 1.165) is 17.7 Å². The average Bonchev–Trinajstić information content (AvgIpc) is 2.62. The molecule has 2 rings (SSSR count). The third-order valence-electron chi connectivity index (χ3n) is 3.36. The Bertz CT molecular complexity index is 674. The zero-order valence-corrected chi connectivity index (χ0v) is 14.6. The van der Waals surface area contributed by atoms with Crippen LogP contribution in [-0.2, 0) is 16.0 Å². The van der Waals surface area contributed by atoms with Gasteiger partial charge in [0.05, 0.1) is 0 Å². The molecule has 0 unspecified atom stereocenters. The van der Waals surface area contributed by atoms with Gasteiger partial charge in [-0.15, -0.1) is 11.8 Å². The first-order valence-corrected chi connectivity index (χ1v) is 9.00. The number of thioether (sulfide) groups is 1. The third kappa shape index (κ3) is 7.76. The third-order valence-corrected chi connectivity index (χ3v) is 4.38. The van der Waals surface area contributed by atoms with E-state index < -0.39 is 5.97 Å². The monoisotopic (exact) mass is 359 g/mol. The number of carbonyl (C=O) groups excluding carboxylic acids is 1. The van der Waals surface area contributed by atoms with Crippen molar-refractivity contribution in [1.29, 1.82) is 0 Å². The predicted molar refractivity (Wildman–Crippen MR) is 98.1 cm³/mol. The molecule has 2 aromatic carbocycles. The Labute approximate surface area is 151 Å². The van der Waals surface area contributed by atoms with Gasteiger partial charge in [-0.25, -0.2) is 4.79 Å². The van der Waals surface area contributed by atoms with Crippen LogP contribution in [0, 0.1) is 0 Å². The highest BCUT2D eigenvalue weighted by molar-refractivity contribution is 7.99. The molecule has 6 heteroatoms. The van der Waals surface area contributed by atoms with E-state index in [4.69, 9.17) is 9.84 Å². The molecule has 0 atom stereocenters. The topological polar surface area (TPSA) is 75.6 Å². The molecule has 0 radical (unpaired) electrons. The number of carboxylic acid groups (broad SMARTS) is 1. The molecule has 0 aliphatic rings. The lowest BCUT2D eigenvalue weighted by atomic mass is 10.1. The smallest absolute Gasteiger partial charge is 0.341 e. The van der Waals surface area contributed by atoms with Crippen LogP contribution in [0.4, 0.5) is 0 Å². The van der Waals surface area contributed by atoms with Crippen molar-refractivity contribution in [2.75, 3.05) is 18.9 Å². The normalized spacial score (nSPS) is 10.2. The molecule has 5 nitrogen and oxygen atoms in total. The first-order chi connectivity index (χ1) is 12.1. The SMILES string of the molecule is O=C(O)COc1ccc(CCNC(=O)CCSc2ccccc2)cc1. The molecule has 0 aromatic heterocycles. The summed E-state index contributed by atoms with van der Waals surface area (Å²) in [4.78, 5) is 23.4. The molecule has 0 saturated carbocycles. The van der Waals surface area contributed by atoms with Crippen LogP contribution in [0.2, 0.25) is 0 Å². The summed E-state index contributed by atoms with van der Waals surface area (Å²) < 4.78 is 5.07. The van der Waals surface area contributed by atoms with Crippen LogP contribution in [-0.4, -0.2) is 35.9 Å². The Hall–Kier alpha value is -2.47. The van der Waals surface area contributed by atoms with Gasteiger partial charge in [-0.3, -0.25) is 4.79 Å². The quantitative estimate of drug-likeness (QED) is 0.638. The van der Waals surface area contributed by atoms with Crippen molar-refractivity contribution in [2.45, 2.75) is 17.7 Å². The van der Waals surface area contributed by atoms with E-state index in [-0.39, 0.29) is 12.5 Å². The fraction of sp³-hybridized carbons (Fsp3) is 0.263. The van der Waals surface area contributed by atoms with E-state index in [9.17, 15) is 9.59 Å². The van der Waals surface area contributed by atoms with Crippen molar-refractivity contribution in [3.8, 4) is 5.75 Å². The van der Waals surface area contributed by atoms with Gasteiger partial charge < -0.3 is 15.2 Å². The second-order valence-electron chi connectivity index (χ2n) is 5.34. The zero-order valence-electron chi connectivity index (χ0n) is 13.8. The van der Waals surface area contributed by atoms with Crippen LogP contribution >= 0.6 is 11.8 Å². The highest BCUT2D eigenvalue weighted by atomic mass is 32.2. The number of ether oxygens (including phenoxy) is 1. The van der Waals surface area contributed by atoms with E-state index in [0.29, 0.717) is 18.7 Å². The number of hydrogen-bond donors (Lipinski definition) is 2. The van der Waals surface area contributed by atoms with Crippen molar-refractivity contribution >= 4 is 23.6 Å². The van der Waals surface area contributed by atoms with Crippen LogP contribution in [0.1, 0.15) is 12.0 Å². The zero-order chi connectivity index (χ0) is 17.9. The highest BCUT2D eigenvalue weighted by Gasteiger charge is 2.03. The fourth-order valence-corrected chi connectivity index (χ4v) is 2.98. The summed E-state index contributed by atoms with van der Waals surface area (Å²) in [6.07, 6.45) is 1.21. The summed E-state index contributed by atoms with van der Waals surface area (Å²) >= 11 is 1.67. The summed E-state index contributed by atoms with van der Waals surface area (Å²) in [6.45, 7) is 0.223. The van der Waals surface area contributed by atoms with Crippen LogP contribution in [0.3, 0.4) is 0 Å². The van der Waals surface area contributed by atoms with Crippen LogP contribution in [0.15, 0.2) is 59.5 Å². The molecular formula is C19H21NO4S. The lowest BCUT2D eigenvalue weighted by Gasteiger charge is -2.07. The molecule has 1 amide bonds. The van der Waals surface area contributed by atoms with E-state index in [1.54, 1.807) is 23.9 Å². The fourth-order valence-electron chi connectivity index (χ4n) is 2.11. The number of carboxylic acids is 1. The van der Waals surface area contributed by atoms with Crippen molar-refractivity contribution in [1.82, 2.24) is 5.32 Å². The van der Waals surface area contributed by atoms with E-state index >= 15 is 0 Å². The molecule has 132 valence electrons. The predicted octanol–water partition coefficient (Wildman–Crippen LogP) is 2.99. The molecule has 0 aliphatic heterocycles. The molecule has 2 N–H and O–H groups in total. The largest absolute Gasteiger partial charge is 0.482 e. The highest BCUT2D eigenvalue weighted by Crippen LogP contribution is 2.17. The summed E-state index contributed by atoms with van der Waals surface area (Å²) in [5.74, 6) is 0.320. The average molecular weight is 359 g/mol. The standard InChI is InChI=1S/C19H21NO4S/c21-18(11-13-25-17-4-2-1-3-5-17)20-12-10-15-6-8-16(9-7-15)24-14-19(22)23/h1-9H,10-14H2,(H,20,21)(H,22,23). The Morgan fingerprint density at radius 2 is 1.76 bits per heavy atom. The Balaban J connectivity index is 1.61. The van der Waals surface area contributed by atoms with Crippen molar-refractivity contribution in [3.63, 3.8) is 0 Å². The number of aliphatic carboxylic acids is 1. The van der Waals surface area contributed by atoms with Crippen LogP contribution < -0.4 is 10.1 Å². The molecule has 2 aromatic rings. The molecule has 0 spiro atoms. The van der Waals surface area contributed by atoms with Gasteiger partial charge in [0.1, 0.15) is 5.75 Å². The first kappa shape index (κ1) is 18.9. The summed E-state index contributed by atoms with van der Waals surface area (Å²) in [6, 6.07) is 17.2. The van der Waals surface area contributed by atoms with Crippen molar-refractivity contribution in [2.24, 2.45) is 0 Å². The van der Waals surface area contributed by atoms with Gasteiger partial charge in [-0.05, 0) is 36.2 Å². The Morgan fingerprint density at radius 3 is 2.44 bits per heavy atom. The lowest BCUT2D eigenvalue weighted by molar-refractivity contribution is -0.139. The van der Waals surface area contributed by atoms with Crippen molar-refractivity contribution < 1.29 is 19.4 Å². The maximum atomic E-state index is 11.8. The second-order valence-corrected chi connectivity index (χ2v) is 6.51. The molecule has 0 heterocycles. The van der Waals surface area contributed by atoms with Crippen LogP contribution in [0.25, 0.3) is 0 Å². The maximum Gasteiger partial charge on any atom is 0.341 e. The second kappa shape index (κ2) is 10.4. The van der Waals surface area contributed by atoms with Gasteiger partial charge in [0.15, 0.2) is 6.61 Å². The molecule has 0 saturated heterocycles. The minimum Gasteiger partial charge on any atom is -0.482 e. The van der Waals surface area contributed by atoms with E-state index in [2.05, 4.69) is 5.32 Å². The lowest BCUT2D eigenvalue weighted by Crippen LogP contribution is -2.25. The molecule has 0 aliphatic carbocycles. The van der Waals surface area contributed by atoms with E-state index in [1.165, 1.54) is 4.90 Å². The summed E-state index contributed by atoms with van der Waals surface area (Å²) in [5, 5.41) is 11.5. The molecule has 0 fully saturated rings. The Morgan fingerprint density at radius 1 is 1.04 bits per heavy atom. The number of amides is 1. The summed E-state index contributed by atoms with van der Waals surface area (Å²) in [7, 11) is 0. The maximum absolute atomic E-state index is 11.8. The number of hydrogen-bond acceptors (Lipinski definition) is 4. The molecule has 0 bridgehead atoms. The molecule has 25 heavy (non-hydrogen) atoms. The van der Waals surface area contributed by atoms with Gasteiger partial charge in [-0.1, -0.05) is 30.3 Å². The number of benzene rings is 2. The number of nitrogens with one attached hydrogen (secondary N) is 1. The van der Waals surface area contributed by atoms with E-state index in [1.807, 2.05) is 42.5 Å². The minimum absolute atomic E-state index is 0.0462. The number of rotatable bonds is 10. The van der Waals surface area contributed by atoms with Crippen molar-refractivity contribution in [3.05, 3.63) is 60.2 Å². The van der Waals surface area contributed by atoms with Gasteiger partial charge in [0.2, 0.25) is 5.91 Å². The molecular weight excluding hydrogens is 338 g/mol. The Kier molecular flexibility index (Phi) is 7.85. The van der Waals surface area contributed by atoms with Crippen LogP contribution in [0.5, 0.6) is 5.75 Å². The summed E-state index contributed by atoms with van der Waals surface area (Å²) in [5.41, 5.74) is 1.06. The number of carbonyl (C=O) groups is 2.